The van der Waals surface area contributed by atoms with Crippen LogP contribution in [0.15, 0.2) is 82.3 Å². The average molecular weight is 386 g/mol. The first kappa shape index (κ1) is 17.8. The van der Waals surface area contributed by atoms with E-state index >= 15 is 0 Å². The minimum atomic E-state index is -0.372. The largest absolute Gasteiger partial charge is 0.468 e. The van der Waals surface area contributed by atoms with Crippen molar-refractivity contribution in [3.63, 3.8) is 0 Å². The first-order valence-corrected chi connectivity index (χ1v) is 9.51. The van der Waals surface area contributed by atoms with Crippen LogP contribution in [0.3, 0.4) is 0 Å². The van der Waals surface area contributed by atoms with Crippen LogP contribution < -0.4 is 4.90 Å². The number of imide groups is 1. The summed E-state index contributed by atoms with van der Waals surface area (Å²) >= 11 is 1.28. The van der Waals surface area contributed by atoms with Gasteiger partial charge in [-0.05, 0) is 42.0 Å². The molecular weight excluding hydrogens is 372 g/mol. The van der Waals surface area contributed by atoms with Gasteiger partial charge in [-0.15, -0.1) is 11.8 Å². The van der Waals surface area contributed by atoms with E-state index in [1.54, 1.807) is 36.6 Å². The van der Waals surface area contributed by atoms with Crippen molar-refractivity contribution in [2.75, 3.05) is 4.90 Å². The van der Waals surface area contributed by atoms with E-state index in [1.807, 2.05) is 42.5 Å². The molecule has 1 aromatic heterocycles. The number of furan rings is 1. The fraction of sp³-hybridized carbons (Fsp3) is 0.0455. The number of anilines is 1. The Morgan fingerprint density at radius 3 is 2.32 bits per heavy atom. The number of hydrogen-bond acceptors (Lipinski definition) is 5. The maximum absolute atomic E-state index is 13.2. The number of carbonyl (C=O) groups is 2. The molecule has 0 spiro atoms. The van der Waals surface area contributed by atoms with E-state index in [0.717, 1.165) is 10.7 Å². The minimum absolute atomic E-state index is 0.370. The molecule has 3 aromatic rings. The smallest absolute Gasteiger partial charge is 0.272 e. The fourth-order valence-corrected chi connectivity index (χ4v) is 3.98. The summed E-state index contributed by atoms with van der Waals surface area (Å²) in [6, 6.07) is 21.2. The molecule has 2 aromatic carbocycles. The number of nitriles is 1. The van der Waals surface area contributed by atoms with Crippen molar-refractivity contribution in [3.05, 3.63) is 94.8 Å². The average Bonchev–Trinajstić information content (AvgIpc) is 3.33. The van der Waals surface area contributed by atoms with Crippen molar-refractivity contribution in [3.8, 4) is 6.07 Å². The Labute approximate surface area is 165 Å². The lowest BCUT2D eigenvalue weighted by molar-refractivity contribution is -0.119. The van der Waals surface area contributed by atoms with Crippen molar-refractivity contribution < 1.29 is 14.0 Å². The second kappa shape index (κ2) is 7.59. The summed E-state index contributed by atoms with van der Waals surface area (Å²) in [5, 5.41) is 8.97. The molecule has 136 valence electrons. The van der Waals surface area contributed by atoms with Gasteiger partial charge in [-0.25, -0.2) is 4.90 Å². The van der Waals surface area contributed by atoms with Crippen molar-refractivity contribution in [2.45, 2.75) is 5.75 Å². The number of amides is 2. The van der Waals surface area contributed by atoms with E-state index in [2.05, 4.69) is 0 Å². The molecule has 1 aliphatic rings. The van der Waals surface area contributed by atoms with Crippen LogP contribution in [0.4, 0.5) is 5.69 Å². The molecular formula is C22H14N2O3S. The van der Waals surface area contributed by atoms with E-state index in [1.165, 1.54) is 11.8 Å². The van der Waals surface area contributed by atoms with Crippen molar-refractivity contribution in [1.29, 1.82) is 5.26 Å². The molecule has 0 atom stereocenters. The summed E-state index contributed by atoms with van der Waals surface area (Å²) < 4.78 is 5.35. The number of hydrogen-bond donors (Lipinski definition) is 0. The number of thioether (sulfide) groups is 1. The van der Waals surface area contributed by atoms with Crippen LogP contribution in [0.1, 0.15) is 16.9 Å². The van der Waals surface area contributed by atoms with Gasteiger partial charge in [0, 0.05) is 0 Å². The molecule has 1 aliphatic heterocycles. The van der Waals surface area contributed by atoms with Crippen molar-refractivity contribution >= 4 is 34.8 Å². The highest BCUT2D eigenvalue weighted by Gasteiger charge is 2.40. The first-order valence-electron chi connectivity index (χ1n) is 8.53. The Hall–Kier alpha value is -3.56. The molecule has 0 radical (unpaired) electrons. The molecule has 5 nitrogen and oxygen atoms in total. The van der Waals surface area contributed by atoms with E-state index in [9.17, 15) is 9.59 Å². The summed E-state index contributed by atoms with van der Waals surface area (Å²) in [4.78, 5) is 27.9. The molecule has 6 heteroatoms. The Kier molecular flexibility index (Phi) is 4.83. The third-order valence-corrected chi connectivity index (χ3v) is 5.39. The van der Waals surface area contributed by atoms with Crippen molar-refractivity contribution in [2.24, 2.45) is 0 Å². The Balaban J connectivity index is 1.73. The topological polar surface area (TPSA) is 74.3 Å². The lowest BCUT2D eigenvalue weighted by Gasteiger charge is -2.15. The minimum Gasteiger partial charge on any atom is -0.468 e. The lowest BCUT2D eigenvalue weighted by Crippen LogP contribution is -2.31. The van der Waals surface area contributed by atoms with Crippen LogP contribution in [-0.4, -0.2) is 11.8 Å². The Bertz CT molecular complexity index is 1090. The number of nitrogens with zero attached hydrogens (tertiary/aromatic N) is 2. The lowest BCUT2D eigenvalue weighted by atomic mass is 10.1. The van der Waals surface area contributed by atoms with Gasteiger partial charge >= 0.3 is 0 Å². The molecule has 0 aliphatic carbocycles. The molecule has 2 amide bonds. The Morgan fingerprint density at radius 2 is 1.68 bits per heavy atom. The highest BCUT2D eigenvalue weighted by atomic mass is 32.2. The number of benzene rings is 2. The molecule has 0 bridgehead atoms. The second-order valence-corrected chi connectivity index (χ2v) is 7.03. The standard InChI is InChI=1S/C22H14N2O3S/c23-13-15-8-10-17(11-9-15)24-21(25)19(16-5-2-1-3-6-16)20(22(24)26)28-14-18-7-4-12-27-18/h1-12H,14H2. The van der Waals surface area contributed by atoms with Gasteiger partial charge in [0.1, 0.15) is 5.76 Å². The van der Waals surface area contributed by atoms with Gasteiger partial charge in [0.2, 0.25) is 0 Å². The van der Waals surface area contributed by atoms with E-state index in [-0.39, 0.29) is 11.8 Å². The molecule has 0 saturated carbocycles. The third kappa shape index (κ3) is 3.24. The van der Waals surface area contributed by atoms with Crippen molar-refractivity contribution in [1.82, 2.24) is 0 Å². The summed E-state index contributed by atoms with van der Waals surface area (Å²) in [5.74, 6) is 0.425. The zero-order chi connectivity index (χ0) is 19.5. The molecule has 28 heavy (non-hydrogen) atoms. The molecule has 0 N–H and O–H groups in total. The third-order valence-electron chi connectivity index (χ3n) is 4.30. The molecule has 0 saturated heterocycles. The zero-order valence-corrected chi connectivity index (χ0v) is 15.5. The Morgan fingerprint density at radius 1 is 0.929 bits per heavy atom. The number of carbonyl (C=O) groups excluding carboxylic acids is 2. The fourth-order valence-electron chi connectivity index (χ4n) is 2.96. The summed E-state index contributed by atoms with van der Waals surface area (Å²) in [7, 11) is 0. The highest BCUT2D eigenvalue weighted by molar-refractivity contribution is 8.03. The predicted octanol–water partition coefficient (Wildman–Crippen LogP) is 4.37. The van der Waals surface area contributed by atoms with Gasteiger partial charge in [0.25, 0.3) is 11.8 Å². The molecule has 0 fully saturated rings. The molecule has 0 unspecified atom stereocenters. The second-order valence-electron chi connectivity index (χ2n) is 6.04. The van der Waals surface area contributed by atoms with Gasteiger partial charge in [0.15, 0.2) is 0 Å². The van der Waals surface area contributed by atoms with E-state index < -0.39 is 0 Å². The van der Waals surface area contributed by atoms with Gasteiger partial charge in [-0.2, -0.15) is 5.26 Å². The van der Waals surface area contributed by atoms with Crippen LogP contribution >= 0.6 is 11.8 Å². The quantitative estimate of drug-likeness (QED) is 0.609. The molecule has 2 heterocycles. The zero-order valence-electron chi connectivity index (χ0n) is 14.7. The van der Waals surface area contributed by atoms with Gasteiger partial charge in [-0.1, -0.05) is 30.3 Å². The van der Waals surface area contributed by atoms with E-state index in [4.69, 9.17) is 9.68 Å². The monoisotopic (exact) mass is 386 g/mol. The first-order chi connectivity index (χ1) is 13.7. The number of rotatable bonds is 5. The maximum atomic E-state index is 13.2. The van der Waals surface area contributed by atoms with Crippen LogP contribution in [-0.2, 0) is 15.3 Å². The highest BCUT2D eigenvalue weighted by Crippen LogP contribution is 2.39. The molecule has 4 rings (SSSR count). The maximum Gasteiger partial charge on any atom is 0.272 e. The summed E-state index contributed by atoms with van der Waals surface area (Å²) in [6.45, 7) is 0. The predicted molar refractivity (Wildman–Crippen MR) is 107 cm³/mol. The van der Waals surface area contributed by atoms with Crippen LogP contribution in [0.2, 0.25) is 0 Å². The summed E-state index contributed by atoms with van der Waals surface area (Å²) in [5.41, 5.74) is 1.98. The summed E-state index contributed by atoms with van der Waals surface area (Å²) in [6.07, 6.45) is 1.58. The van der Waals surface area contributed by atoms with Gasteiger partial charge in [-0.3, -0.25) is 9.59 Å². The normalized spacial score (nSPS) is 13.9. The van der Waals surface area contributed by atoms with Gasteiger partial charge < -0.3 is 4.42 Å². The SMILES string of the molecule is N#Cc1ccc(N2C(=O)C(SCc3ccco3)=C(c3ccccc3)C2=O)cc1. The van der Waals surface area contributed by atoms with Gasteiger partial charge in [0.05, 0.1) is 39.8 Å². The van der Waals surface area contributed by atoms with E-state index in [0.29, 0.717) is 33.0 Å². The van der Waals surface area contributed by atoms with Crippen LogP contribution in [0.5, 0.6) is 0 Å². The van der Waals surface area contributed by atoms with Crippen LogP contribution in [0.25, 0.3) is 5.57 Å². The van der Waals surface area contributed by atoms with Crippen LogP contribution in [0, 0.1) is 11.3 Å².